The topological polar surface area (TPSA) is 66.9 Å². The first-order valence-corrected chi connectivity index (χ1v) is 6.90. The highest BCUT2D eigenvalue weighted by molar-refractivity contribution is 5.92. The van der Waals surface area contributed by atoms with Crippen LogP contribution in [0.1, 0.15) is 43.6 Å². The van der Waals surface area contributed by atoms with Crippen LogP contribution in [0.15, 0.2) is 12.4 Å². The zero-order valence-corrected chi connectivity index (χ0v) is 11.8. The first-order valence-electron chi connectivity index (χ1n) is 6.90. The molecule has 0 saturated heterocycles. The van der Waals surface area contributed by atoms with E-state index in [-0.39, 0.29) is 11.9 Å². The summed E-state index contributed by atoms with van der Waals surface area (Å²) in [6.07, 6.45) is 6.38. The van der Waals surface area contributed by atoms with Gasteiger partial charge in [0, 0.05) is 13.1 Å². The van der Waals surface area contributed by atoms with Crippen molar-refractivity contribution in [2.75, 3.05) is 12.4 Å². The first-order chi connectivity index (χ1) is 9.10. The smallest absolute Gasteiger partial charge is 0.271 e. The second-order valence-corrected chi connectivity index (χ2v) is 5.48. The predicted molar refractivity (Wildman–Crippen MR) is 75.0 cm³/mol. The monoisotopic (exact) mass is 262 g/mol. The number of anilines is 1. The highest BCUT2D eigenvalue weighted by Gasteiger charge is 2.26. The molecule has 19 heavy (non-hydrogen) atoms. The zero-order valence-electron chi connectivity index (χ0n) is 11.8. The molecule has 0 spiro atoms. The Morgan fingerprint density at radius 3 is 2.74 bits per heavy atom. The van der Waals surface area contributed by atoms with Gasteiger partial charge in [-0.25, -0.2) is 4.98 Å². The molecule has 1 aliphatic rings. The SMILES string of the molecule is CNc1cncc(C(=O)NC2CCC(C)C(C)C2)n1. The van der Waals surface area contributed by atoms with Crippen LogP contribution < -0.4 is 10.6 Å². The van der Waals surface area contributed by atoms with Gasteiger partial charge < -0.3 is 10.6 Å². The van der Waals surface area contributed by atoms with Gasteiger partial charge in [-0.05, 0) is 31.1 Å². The lowest BCUT2D eigenvalue weighted by Gasteiger charge is -2.32. The Kier molecular flexibility index (Phi) is 4.35. The van der Waals surface area contributed by atoms with Gasteiger partial charge in [-0.1, -0.05) is 13.8 Å². The van der Waals surface area contributed by atoms with E-state index in [0.717, 1.165) is 18.8 Å². The number of rotatable bonds is 3. The minimum Gasteiger partial charge on any atom is -0.372 e. The number of amides is 1. The molecule has 1 aromatic heterocycles. The number of hydrogen-bond donors (Lipinski definition) is 2. The normalized spacial score (nSPS) is 26.8. The molecular formula is C14H22N4O. The van der Waals surface area contributed by atoms with Crippen LogP contribution in [0, 0.1) is 11.8 Å². The van der Waals surface area contributed by atoms with Crippen molar-refractivity contribution in [2.45, 2.75) is 39.2 Å². The van der Waals surface area contributed by atoms with Gasteiger partial charge in [0.2, 0.25) is 0 Å². The summed E-state index contributed by atoms with van der Waals surface area (Å²) in [5, 5.41) is 5.95. The van der Waals surface area contributed by atoms with Gasteiger partial charge in [-0.2, -0.15) is 0 Å². The van der Waals surface area contributed by atoms with Gasteiger partial charge in [-0.15, -0.1) is 0 Å². The number of aromatic nitrogens is 2. The second kappa shape index (κ2) is 5.99. The maximum atomic E-state index is 12.1. The Hall–Kier alpha value is -1.65. The van der Waals surface area contributed by atoms with Crippen LogP contribution in [0.5, 0.6) is 0 Å². The summed E-state index contributed by atoms with van der Waals surface area (Å²) in [5.74, 6) is 1.89. The molecule has 2 N–H and O–H groups in total. The highest BCUT2D eigenvalue weighted by atomic mass is 16.1. The molecule has 2 rings (SSSR count). The van der Waals surface area contributed by atoms with E-state index >= 15 is 0 Å². The third-order valence-corrected chi connectivity index (χ3v) is 4.06. The van der Waals surface area contributed by atoms with E-state index in [2.05, 4.69) is 34.4 Å². The zero-order chi connectivity index (χ0) is 13.8. The summed E-state index contributed by atoms with van der Waals surface area (Å²) in [4.78, 5) is 20.3. The molecule has 0 bridgehead atoms. The largest absolute Gasteiger partial charge is 0.372 e. The van der Waals surface area contributed by atoms with Crippen LogP contribution in [0.3, 0.4) is 0 Å². The number of nitrogens with one attached hydrogen (secondary N) is 2. The number of carbonyl (C=O) groups excluding carboxylic acids is 1. The van der Waals surface area contributed by atoms with E-state index in [4.69, 9.17) is 0 Å². The molecule has 1 amide bonds. The molecule has 5 nitrogen and oxygen atoms in total. The molecule has 3 unspecified atom stereocenters. The fourth-order valence-electron chi connectivity index (χ4n) is 2.53. The Balaban J connectivity index is 1.97. The third kappa shape index (κ3) is 3.43. The molecule has 0 aliphatic heterocycles. The maximum absolute atomic E-state index is 12.1. The van der Waals surface area contributed by atoms with Crippen LogP contribution >= 0.6 is 0 Å². The van der Waals surface area contributed by atoms with Crippen LogP contribution in [0.25, 0.3) is 0 Å². The Labute approximate surface area is 114 Å². The van der Waals surface area contributed by atoms with E-state index in [1.54, 1.807) is 13.2 Å². The van der Waals surface area contributed by atoms with Crippen LogP contribution in [0.2, 0.25) is 0 Å². The fraction of sp³-hybridized carbons (Fsp3) is 0.643. The average Bonchev–Trinajstić information content (AvgIpc) is 2.43. The second-order valence-electron chi connectivity index (χ2n) is 5.48. The van der Waals surface area contributed by atoms with Gasteiger partial charge in [0.05, 0.1) is 12.4 Å². The highest BCUT2D eigenvalue weighted by Crippen LogP contribution is 2.29. The molecule has 1 heterocycles. The lowest BCUT2D eigenvalue weighted by atomic mass is 9.79. The molecule has 0 radical (unpaired) electrons. The predicted octanol–water partition coefficient (Wildman–Crippen LogP) is 2.07. The standard InChI is InChI=1S/C14H22N4O/c1-9-4-5-11(6-10(9)2)17-14(19)12-7-16-8-13(15-3)18-12/h7-11H,4-6H2,1-3H3,(H,15,18)(H,17,19). The van der Waals surface area contributed by atoms with Crippen molar-refractivity contribution < 1.29 is 4.79 Å². The summed E-state index contributed by atoms with van der Waals surface area (Å²) >= 11 is 0. The van der Waals surface area contributed by atoms with Crippen LogP contribution in [-0.2, 0) is 0 Å². The Morgan fingerprint density at radius 1 is 1.26 bits per heavy atom. The van der Waals surface area contributed by atoms with Crippen molar-refractivity contribution in [1.29, 1.82) is 0 Å². The minimum atomic E-state index is -0.128. The summed E-state index contributed by atoms with van der Waals surface area (Å²) in [6, 6.07) is 0.263. The molecule has 104 valence electrons. The van der Waals surface area contributed by atoms with E-state index in [0.29, 0.717) is 17.4 Å². The lowest BCUT2D eigenvalue weighted by Crippen LogP contribution is -2.40. The van der Waals surface area contributed by atoms with Crippen molar-refractivity contribution in [3.8, 4) is 0 Å². The van der Waals surface area contributed by atoms with E-state index in [1.807, 2.05) is 0 Å². The lowest BCUT2D eigenvalue weighted by molar-refractivity contribution is 0.0905. The van der Waals surface area contributed by atoms with Crippen molar-refractivity contribution in [3.63, 3.8) is 0 Å². The Bertz CT molecular complexity index is 449. The third-order valence-electron chi connectivity index (χ3n) is 4.06. The van der Waals surface area contributed by atoms with Gasteiger partial charge in [0.25, 0.3) is 5.91 Å². The van der Waals surface area contributed by atoms with Gasteiger partial charge >= 0.3 is 0 Å². The molecule has 1 fully saturated rings. The van der Waals surface area contributed by atoms with Crippen molar-refractivity contribution in [2.24, 2.45) is 11.8 Å². The molecular weight excluding hydrogens is 240 g/mol. The molecule has 5 heteroatoms. The van der Waals surface area contributed by atoms with Crippen LogP contribution in [-0.4, -0.2) is 29.0 Å². The minimum absolute atomic E-state index is 0.128. The summed E-state index contributed by atoms with van der Waals surface area (Å²) < 4.78 is 0. The van der Waals surface area contributed by atoms with Gasteiger partial charge in [0.15, 0.2) is 0 Å². The van der Waals surface area contributed by atoms with Crippen molar-refractivity contribution >= 4 is 11.7 Å². The van der Waals surface area contributed by atoms with Gasteiger partial charge in [-0.3, -0.25) is 9.78 Å². The number of hydrogen-bond acceptors (Lipinski definition) is 4. The number of nitrogens with zero attached hydrogens (tertiary/aromatic N) is 2. The van der Waals surface area contributed by atoms with Crippen molar-refractivity contribution in [1.82, 2.24) is 15.3 Å². The molecule has 0 aromatic carbocycles. The first kappa shape index (κ1) is 13.8. The summed E-state index contributed by atoms with van der Waals surface area (Å²) in [5.41, 5.74) is 0.373. The van der Waals surface area contributed by atoms with Crippen molar-refractivity contribution in [3.05, 3.63) is 18.1 Å². The fourth-order valence-corrected chi connectivity index (χ4v) is 2.53. The maximum Gasteiger partial charge on any atom is 0.271 e. The Morgan fingerprint density at radius 2 is 2.05 bits per heavy atom. The summed E-state index contributed by atoms with van der Waals surface area (Å²) in [7, 11) is 1.76. The molecule has 3 atom stereocenters. The molecule has 1 saturated carbocycles. The number of carbonyl (C=O) groups is 1. The van der Waals surface area contributed by atoms with E-state index in [1.165, 1.54) is 12.6 Å². The molecule has 1 aromatic rings. The van der Waals surface area contributed by atoms with E-state index in [9.17, 15) is 4.79 Å². The average molecular weight is 262 g/mol. The quantitative estimate of drug-likeness (QED) is 0.875. The van der Waals surface area contributed by atoms with Crippen LogP contribution in [0.4, 0.5) is 5.82 Å². The molecule has 1 aliphatic carbocycles. The van der Waals surface area contributed by atoms with Gasteiger partial charge in [0.1, 0.15) is 11.5 Å². The summed E-state index contributed by atoms with van der Waals surface area (Å²) in [6.45, 7) is 4.54. The van der Waals surface area contributed by atoms with E-state index < -0.39 is 0 Å².